The standard InChI is InChI=1S/C15H14BrN5OS/c16-11-3-1-2-10(8-11)14-19-21-13(22)9-12(18-15(21)23-14)20-6-4-17-5-7-20/h1-3,8-9,17H,4-7H2. The Morgan fingerprint density at radius 1 is 1.22 bits per heavy atom. The van der Waals surface area contributed by atoms with Crippen molar-refractivity contribution in [3.8, 4) is 10.6 Å². The zero-order valence-corrected chi connectivity index (χ0v) is 14.6. The maximum atomic E-state index is 12.4. The average Bonchev–Trinajstić information content (AvgIpc) is 3.00. The Bertz CT molecular complexity index is 916. The Balaban J connectivity index is 1.79. The Morgan fingerprint density at radius 3 is 2.83 bits per heavy atom. The lowest BCUT2D eigenvalue weighted by atomic mass is 10.2. The van der Waals surface area contributed by atoms with Crippen LogP contribution in [0, 0.1) is 0 Å². The monoisotopic (exact) mass is 391 g/mol. The molecule has 23 heavy (non-hydrogen) atoms. The number of rotatable bonds is 2. The van der Waals surface area contributed by atoms with E-state index in [1.54, 1.807) is 6.07 Å². The van der Waals surface area contributed by atoms with E-state index in [-0.39, 0.29) is 5.56 Å². The molecule has 1 aliphatic heterocycles. The molecule has 0 atom stereocenters. The number of anilines is 1. The van der Waals surface area contributed by atoms with Crippen LogP contribution in [0.15, 0.2) is 39.6 Å². The molecule has 1 N–H and O–H groups in total. The lowest BCUT2D eigenvalue weighted by Gasteiger charge is -2.27. The Kier molecular flexibility index (Phi) is 3.88. The third-order valence-electron chi connectivity index (χ3n) is 3.74. The smallest absolute Gasteiger partial charge is 0.277 e. The highest BCUT2D eigenvalue weighted by molar-refractivity contribution is 9.10. The van der Waals surface area contributed by atoms with E-state index in [0.29, 0.717) is 4.96 Å². The van der Waals surface area contributed by atoms with Crippen LogP contribution in [0.4, 0.5) is 5.82 Å². The van der Waals surface area contributed by atoms with E-state index in [2.05, 4.69) is 36.2 Å². The zero-order valence-electron chi connectivity index (χ0n) is 12.2. The maximum Gasteiger partial charge on any atom is 0.277 e. The zero-order chi connectivity index (χ0) is 15.8. The number of fused-ring (bicyclic) bond motifs is 1. The van der Waals surface area contributed by atoms with Gasteiger partial charge in [-0.3, -0.25) is 4.79 Å². The molecule has 2 aromatic heterocycles. The molecule has 4 rings (SSSR count). The van der Waals surface area contributed by atoms with Crippen molar-refractivity contribution in [2.24, 2.45) is 0 Å². The molecule has 6 nitrogen and oxygen atoms in total. The van der Waals surface area contributed by atoms with Crippen molar-refractivity contribution in [1.29, 1.82) is 0 Å². The van der Waals surface area contributed by atoms with Crippen LogP contribution in [0.2, 0.25) is 0 Å². The largest absolute Gasteiger partial charge is 0.354 e. The van der Waals surface area contributed by atoms with Crippen molar-refractivity contribution in [2.75, 3.05) is 31.1 Å². The van der Waals surface area contributed by atoms with E-state index >= 15 is 0 Å². The van der Waals surface area contributed by atoms with E-state index in [1.165, 1.54) is 15.9 Å². The van der Waals surface area contributed by atoms with Crippen LogP contribution in [0.3, 0.4) is 0 Å². The maximum absolute atomic E-state index is 12.4. The summed E-state index contributed by atoms with van der Waals surface area (Å²) >= 11 is 4.89. The quantitative estimate of drug-likeness (QED) is 0.723. The molecule has 0 bridgehead atoms. The molecule has 0 spiro atoms. The van der Waals surface area contributed by atoms with Crippen LogP contribution >= 0.6 is 27.3 Å². The van der Waals surface area contributed by atoms with Gasteiger partial charge in [-0.1, -0.05) is 39.4 Å². The lowest BCUT2D eigenvalue weighted by molar-refractivity contribution is 0.584. The minimum absolute atomic E-state index is 0.138. The summed E-state index contributed by atoms with van der Waals surface area (Å²) in [5.41, 5.74) is 0.832. The summed E-state index contributed by atoms with van der Waals surface area (Å²) in [5, 5.41) is 8.50. The molecule has 0 saturated carbocycles. The molecule has 118 valence electrons. The molecule has 1 aromatic carbocycles. The predicted octanol–water partition coefficient (Wildman–Crippen LogP) is 1.99. The summed E-state index contributed by atoms with van der Waals surface area (Å²) in [6.45, 7) is 3.54. The van der Waals surface area contributed by atoms with Gasteiger partial charge in [0.2, 0.25) is 4.96 Å². The summed E-state index contributed by atoms with van der Waals surface area (Å²) in [4.78, 5) is 19.8. The summed E-state index contributed by atoms with van der Waals surface area (Å²) in [6, 6.07) is 9.45. The Labute approximate surface area is 144 Å². The molecular weight excluding hydrogens is 378 g/mol. The van der Waals surface area contributed by atoms with Crippen LogP contribution in [-0.2, 0) is 0 Å². The number of halogens is 1. The van der Waals surface area contributed by atoms with Gasteiger partial charge in [0.1, 0.15) is 10.8 Å². The summed E-state index contributed by atoms with van der Waals surface area (Å²) in [6.07, 6.45) is 0. The highest BCUT2D eigenvalue weighted by Crippen LogP contribution is 2.27. The second kappa shape index (κ2) is 6.03. The molecule has 1 aliphatic rings. The number of nitrogens with one attached hydrogen (secondary N) is 1. The van der Waals surface area contributed by atoms with Crippen molar-refractivity contribution >= 4 is 38.0 Å². The highest BCUT2D eigenvalue weighted by atomic mass is 79.9. The second-order valence-corrected chi connectivity index (χ2v) is 7.17. The van der Waals surface area contributed by atoms with E-state index in [4.69, 9.17) is 0 Å². The SMILES string of the molecule is O=c1cc(N2CCNCC2)nc2sc(-c3cccc(Br)c3)nn12. The van der Waals surface area contributed by atoms with Crippen molar-refractivity contribution in [1.82, 2.24) is 19.9 Å². The molecule has 3 aromatic rings. The predicted molar refractivity (Wildman–Crippen MR) is 95.4 cm³/mol. The van der Waals surface area contributed by atoms with Gasteiger partial charge in [-0.15, -0.1) is 0 Å². The fourth-order valence-electron chi connectivity index (χ4n) is 2.59. The first kappa shape index (κ1) is 14.8. The van der Waals surface area contributed by atoms with Gasteiger partial charge in [-0.05, 0) is 12.1 Å². The number of hydrogen-bond donors (Lipinski definition) is 1. The molecule has 0 radical (unpaired) electrons. The van der Waals surface area contributed by atoms with E-state index in [1.807, 2.05) is 24.3 Å². The van der Waals surface area contributed by atoms with Crippen LogP contribution in [0.25, 0.3) is 15.5 Å². The first-order valence-electron chi connectivity index (χ1n) is 7.33. The van der Waals surface area contributed by atoms with Gasteiger partial charge in [-0.2, -0.15) is 9.61 Å². The van der Waals surface area contributed by atoms with Gasteiger partial charge >= 0.3 is 0 Å². The van der Waals surface area contributed by atoms with Crippen molar-refractivity contribution in [2.45, 2.75) is 0 Å². The fourth-order valence-corrected chi connectivity index (χ4v) is 3.89. The molecule has 1 fully saturated rings. The van der Waals surface area contributed by atoms with Crippen LogP contribution in [0.1, 0.15) is 0 Å². The third-order valence-corrected chi connectivity index (χ3v) is 5.19. The molecule has 3 heterocycles. The first-order chi connectivity index (χ1) is 11.2. The number of nitrogens with zero attached hydrogens (tertiary/aromatic N) is 4. The lowest BCUT2D eigenvalue weighted by Crippen LogP contribution is -2.44. The van der Waals surface area contributed by atoms with Gasteiger partial charge in [0, 0.05) is 42.3 Å². The third kappa shape index (κ3) is 2.89. The van der Waals surface area contributed by atoms with E-state index in [0.717, 1.165) is 47.0 Å². The molecule has 0 aliphatic carbocycles. The van der Waals surface area contributed by atoms with E-state index in [9.17, 15) is 4.79 Å². The van der Waals surface area contributed by atoms with E-state index < -0.39 is 0 Å². The fraction of sp³-hybridized carbons (Fsp3) is 0.267. The second-order valence-electron chi connectivity index (χ2n) is 5.30. The van der Waals surface area contributed by atoms with Crippen molar-refractivity contribution in [3.63, 3.8) is 0 Å². The summed E-state index contributed by atoms with van der Waals surface area (Å²) in [5.74, 6) is 0.737. The number of hydrogen-bond acceptors (Lipinski definition) is 6. The van der Waals surface area contributed by atoms with Gasteiger partial charge < -0.3 is 10.2 Å². The normalized spacial score (nSPS) is 15.3. The van der Waals surface area contributed by atoms with Gasteiger partial charge in [-0.25, -0.2) is 4.98 Å². The Hall–Kier alpha value is -1.77. The minimum Gasteiger partial charge on any atom is -0.354 e. The Morgan fingerprint density at radius 2 is 2.04 bits per heavy atom. The minimum atomic E-state index is -0.138. The van der Waals surface area contributed by atoms with Gasteiger partial charge in [0.25, 0.3) is 5.56 Å². The average molecular weight is 392 g/mol. The highest BCUT2D eigenvalue weighted by Gasteiger charge is 2.16. The number of piperazine rings is 1. The molecule has 0 amide bonds. The summed E-state index contributed by atoms with van der Waals surface area (Å²) in [7, 11) is 0. The van der Waals surface area contributed by atoms with Crippen molar-refractivity contribution < 1.29 is 0 Å². The van der Waals surface area contributed by atoms with Crippen LogP contribution < -0.4 is 15.8 Å². The van der Waals surface area contributed by atoms with Gasteiger partial charge in [0.15, 0.2) is 0 Å². The number of aromatic nitrogens is 3. The number of benzene rings is 1. The molecular formula is C15H14BrN5OS. The van der Waals surface area contributed by atoms with Crippen LogP contribution in [0.5, 0.6) is 0 Å². The van der Waals surface area contributed by atoms with Crippen LogP contribution in [-0.4, -0.2) is 40.8 Å². The van der Waals surface area contributed by atoms with Gasteiger partial charge in [0.05, 0.1) is 0 Å². The van der Waals surface area contributed by atoms with Crippen molar-refractivity contribution in [3.05, 3.63) is 45.2 Å². The summed E-state index contributed by atoms with van der Waals surface area (Å²) < 4.78 is 2.36. The first-order valence-corrected chi connectivity index (χ1v) is 8.94. The molecule has 8 heteroatoms. The topological polar surface area (TPSA) is 62.5 Å². The molecule has 1 saturated heterocycles. The molecule has 0 unspecified atom stereocenters.